The Hall–Kier alpha value is -2.81. The van der Waals surface area contributed by atoms with E-state index in [9.17, 15) is 18.0 Å². The molecule has 0 radical (unpaired) electrons. The molecule has 1 aromatic carbocycles. The number of hydrogen-bond donors (Lipinski definition) is 2. The van der Waals surface area contributed by atoms with Crippen molar-refractivity contribution in [2.75, 3.05) is 26.1 Å². The van der Waals surface area contributed by atoms with E-state index in [1.165, 1.54) is 7.11 Å². The number of halogens is 3. The van der Waals surface area contributed by atoms with Crippen molar-refractivity contribution < 1.29 is 32.5 Å². The fourth-order valence-electron chi connectivity index (χ4n) is 1.95. The number of nitrogen functional groups attached to an aromatic ring is 1. The van der Waals surface area contributed by atoms with E-state index in [1.54, 1.807) is 0 Å². The maximum absolute atomic E-state index is 14.2. The minimum atomic E-state index is -1.55. The molecule has 9 heteroatoms. The Bertz CT molecular complexity index is 761. The van der Waals surface area contributed by atoms with Gasteiger partial charge in [0.15, 0.2) is 11.5 Å². The van der Waals surface area contributed by atoms with E-state index in [4.69, 9.17) is 20.3 Å². The van der Waals surface area contributed by atoms with Gasteiger partial charge in [0, 0.05) is 25.3 Å². The third-order valence-electron chi connectivity index (χ3n) is 3.02. The molecule has 0 fully saturated rings. The number of hydrogen-bond acceptors (Lipinski definition) is 5. The van der Waals surface area contributed by atoms with E-state index in [-0.39, 0.29) is 19.0 Å². The largest absolute Gasteiger partial charge is 0.491 e. The number of rotatable bonds is 6. The maximum atomic E-state index is 14.2. The minimum absolute atomic E-state index is 0.0619. The quantitative estimate of drug-likeness (QED) is 0.783. The number of carboxylic acid groups (broad SMARTS) is 1. The second kappa shape index (κ2) is 7.18. The summed E-state index contributed by atoms with van der Waals surface area (Å²) in [7, 11) is 1.43. The van der Waals surface area contributed by atoms with Gasteiger partial charge in [-0.2, -0.15) is 0 Å². The minimum Gasteiger partial charge on any atom is -0.491 e. The van der Waals surface area contributed by atoms with Crippen LogP contribution in [0.2, 0.25) is 0 Å². The van der Waals surface area contributed by atoms with E-state index >= 15 is 0 Å². The molecule has 128 valence electrons. The molecule has 6 nitrogen and oxygen atoms in total. The van der Waals surface area contributed by atoms with Gasteiger partial charge in [-0.25, -0.2) is 22.9 Å². The lowest BCUT2D eigenvalue weighted by atomic mass is 10.1. The molecule has 2 rings (SSSR count). The molecule has 0 aliphatic rings. The SMILES string of the molecule is COCCOc1cc(F)c(-c2nc(C(=O)O)c(N)cc2F)c(F)c1. The highest BCUT2D eigenvalue weighted by atomic mass is 19.1. The number of aromatic carboxylic acids is 1. The molecule has 0 unspecified atom stereocenters. The number of carbonyl (C=O) groups is 1. The highest BCUT2D eigenvalue weighted by molar-refractivity contribution is 5.92. The van der Waals surface area contributed by atoms with Crippen LogP contribution in [-0.2, 0) is 4.74 Å². The molecule has 3 N–H and O–H groups in total. The Morgan fingerprint density at radius 2 is 1.79 bits per heavy atom. The van der Waals surface area contributed by atoms with Crippen LogP contribution in [0.15, 0.2) is 18.2 Å². The van der Waals surface area contributed by atoms with Crippen LogP contribution in [0.5, 0.6) is 5.75 Å². The summed E-state index contributed by atoms with van der Waals surface area (Å²) in [5, 5.41) is 8.95. The molecule has 0 amide bonds. The van der Waals surface area contributed by atoms with E-state index < -0.39 is 46.1 Å². The molecule has 1 heterocycles. The monoisotopic (exact) mass is 342 g/mol. The van der Waals surface area contributed by atoms with Gasteiger partial charge in [-0.05, 0) is 0 Å². The Balaban J connectivity index is 2.49. The number of nitrogens with zero attached hydrogens (tertiary/aromatic N) is 1. The molecule has 0 atom stereocenters. The van der Waals surface area contributed by atoms with Crippen molar-refractivity contribution in [1.29, 1.82) is 0 Å². The van der Waals surface area contributed by atoms with Crippen molar-refractivity contribution in [2.45, 2.75) is 0 Å². The first-order valence-corrected chi connectivity index (χ1v) is 6.65. The van der Waals surface area contributed by atoms with Gasteiger partial charge in [-0.15, -0.1) is 0 Å². The summed E-state index contributed by atoms with van der Waals surface area (Å²) < 4.78 is 52.2. The molecule has 0 aliphatic heterocycles. The van der Waals surface area contributed by atoms with Crippen LogP contribution in [0.25, 0.3) is 11.3 Å². The smallest absolute Gasteiger partial charge is 0.356 e. The second-order valence-electron chi connectivity index (χ2n) is 4.66. The second-order valence-corrected chi connectivity index (χ2v) is 4.66. The number of anilines is 1. The third-order valence-corrected chi connectivity index (χ3v) is 3.02. The number of ether oxygens (including phenoxy) is 2. The van der Waals surface area contributed by atoms with E-state index in [1.807, 2.05) is 0 Å². The maximum Gasteiger partial charge on any atom is 0.356 e. The summed E-state index contributed by atoms with van der Waals surface area (Å²) in [6, 6.07) is 2.33. The first-order chi connectivity index (χ1) is 11.3. The first kappa shape index (κ1) is 17.5. The number of nitrogens with two attached hydrogens (primary N) is 1. The summed E-state index contributed by atoms with van der Waals surface area (Å²) >= 11 is 0. The number of pyridine rings is 1. The van der Waals surface area contributed by atoms with Crippen LogP contribution < -0.4 is 10.5 Å². The van der Waals surface area contributed by atoms with Crippen LogP contribution in [0.4, 0.5) is 18.9 Å². The molecular weight excluding hydrogens is 329 g/mol. The van der Waals surface area contributed by atoms with Crippen LogP contribution in [0.1, 0.15) is 10.5 Å². The Labute approximate surface area is 134 Å². The predicted molar refractivity (Wildman–Crippen MR) is 78.3 cm³/mol. The van der Waals surface area contributed by atoms with Gasteiger partial charge in [-0.1, -0.05) is 0 Å². The molecular formula is C15H13F3N2O4. The van der Waals surface area contributed by atoms with Crippen LogP contribution >= 0.6 is 0 Å². The molecule has 1 aromatic heterocycles. The molecule has 0 saturated carbocycles. The van der Waals surface area contributed by atoms with E-state index in [0.29, 0.717) is 6.07 Å². The van der Waals surface area contributed by atoms with Gasteiger partial charge in [0.05, 0.1) is 17.9 Å². The van der Waals surface area contributed by atoms with Crippen molar-refractivity contribution in [3.8, 4) is 17.0 Å². The fraction of sp³-hybridized carbons (Fsp3) is 0.200. The van der Waals surface area contributed by atoms with Crippen molar-refractivity contribution in [2.24, 2.45) is 0 Å². The third kappa shape index (κ3) is 3.57. The van der Waals surface area contributed by atoms with Crippen molar-refractivity contribution in [3.63, 3.8) is 0 Å². The Morgan fingerprint density at radius 1 is 1.17 bits per heavy atom. The summed E-state index contributed by atoms with van der Waals surface area (Å²) in [5.41, 5.74) is 2.57. The standard InChI is InChI=1S/C15H13F3N2O4/c1-23-2-3-24-7-4-8(16)12(9(17)5-7)13-10(18)6-11(19)14(20-13)15(21)22/h4-6H,2-3,19H2,1H3,(H,21,22). The summed E-state index contributed by atoms with van der Waals surface area (Å²) in [6.07, 6.45) is 0. The highest BCUT2D eigenvalue weighted by Crippen LogP contribution is 2.31. The first-order valence-electron chi connectivity index (χ1n) is 6.65. The van der Waals surface area contributed by atoms with Gasteiger partial charge < -0.3 is 20.3 Å². The van der Waals surface area contributed by atoms with Crippen LogP contribution in [0, 0.1) is 17.5 Å². The Kier molecular flexibility index (Phi) is 5.24. The summed E-state index contributed by atoms with van der Waals surface area (Å²) in [5.74, 6) is -5.14. The van der Waals surface area contributed by atoms with Crippen LogP contribution in [-0.4, -0.2) is 36.4 Å². The molecule has 2 aromatic rings. The van der Waals surface area contributed by atoms with Crippen molar-refractivity contribution in [1.82, 2.24) is 4.98 Å². The zero-order chi connectivity index (χ0) is 17.9. The molecule has 0 saturated heterocycles. The average Bonchev–Trinajstić information content (AvgIpc) is 2.48. The number of methoxy groups -OCH3 is 1. The fourth-order valence-corrected chi connectivity index (χ4v) is 1.95. The highest BCUT2D eigenvalue weighted by Gasteiger charge is 2.22. The van der Waals surface area contributed by atoms with Gasteiger partial charge in [0.1, 0.15) is 29.7 Å². The average molecular weight is 342 g/mol. The lowest BCUT2D eigenvalue weighted by Crippen LogP contribution is -2.09. The molecule has 0 aliphatic carbocycles. The zero-order valence-electron chi connectivity index (χ0n) is 12.5. The van der Waals surface area contributed by atoms with E-state index in [0.717, 1.165) is 12.1 Å². The van der Waals surface area contributed by atoms with Gasteiger partial charge in [0.2, 0.25) is 0 Å². The van der Waals surface area contributed by atoms with Crippen molar-refractivity contribution >= 4 is 11.7 Å². The molecule has 24 heavy (non-hydrogen) atoms. The number of carboxylic acids is 1. The normalized spacial score (nSPS) is 10.7. The van der Waals surface area contributed by atoms with Gasteiger partial charge >= 0.3 is 5.97 Å². The Morgan fingerprint density at radius 3 is 2.33 bits per heavy atom. The molecule has 0 bridgehead atoms. The van der Waals surface area contributed by atoms with Gasteiger partial charge in [-0.3, -0.25) is 0 Å². The van der Waals surface area contributed by atoms with Gasteiger partial charge in [0.25, 0.3) is 0 Å². The van der Waals surface area contributed by atoms with Crippen molar-refractivity contribution in [3.05, 3.63) is 41.3 Å². The summed E-state index contributed by atoms with van der Waals surface area (Å²) in [6.45, 7) is 0.271. The molecule has 0 spiro atoms. The predicted octanol–water partition coefficient (Wildman–Crippen LogP) is 2.47. The topological polar surface area (TPSA) is 94.7 Å². The van der Waals surface area contributed by atoms with E-state index in [2.05, 4.69) is 4.98 Å². The zero-order valence-corrected chi connectivity index (χ0v) is 12.5. The summed E-state index contributed by atoms with van der Waals surface area (Å²) in [4.78, 5) is 14.4. The number of aromatic nitrogens is 1. The number of benzene rings is 1. The lowest BCUT2D eigenvalue weighted by Gasteiger charge is -2.11. The van der Waals surface area contributed by atoms with Crippen LogP contribution in [0.3, 0.4) is 0 Å². The lowest BCUT2D eigenvalue weighted by molar-refractivity contribution is 0.0691.